The molecule has 0 saturated carbocycles. The molecule has 172 valence electrons. The fraction of sp³-hybridized carbons (Fsp3) is 0.320. The van der Waals surface area contributed by atoms with Crippen molar-refractivity contribution in [2.75, 3.05) is 25.2 Å². The van der Waals surface area contributed by atoms with Crippen molar-refractivity contribution in [3.05, 3.63) is 64.0 Å². The minimum absolute atomic E-state index is 0.0285. The number of thiazole rings is 1. The quantitative estimate of drug-likeness (QED) is 0.455. The van der Waals surface area contributed by atoms with Crippen LogP contribution in [-0.2, 0) is 27.2 Å². The number of hydrogen-bond acceptors (Lipinski definition) is 7. The van der Waals surface area contributed by atoms with Crippen LogP contribution < -0.4 is 9.64 Å². The summed E-state index contributed by atoms with van der Waals surface area (Å²) in [7, 11) is 1.67. The SMILES string of the molecule is COCCc1nc(-c2ccc3c(c2)N(Cc2cccc(C(=O)OC(C)C)c2)C(=O)CO3)cs1. The van der Waals surface area contributed by atoms with E-state index in [1.807, 2.05) is 43.5 Å². The van der Waals surface area contributed by atoms with Crippen LogP contribution in [0.2, 0.25) is 0 Å². The first-order valence-electron chi connectivity index (χ1n) is 10.8. The molecule has 1 aliphatic heterocycles. The second kappa shape index (κ2) is 10.1. The van der Waals surface area contributed by atoms with E-state index < -0.39 is 0 Å². The molecule has 33 heavy (non-hydrogen) atoms. The molecule has 2 heterocycles. The number of aromatic nitrogens is 1. The van der Waals surface area contributed by atoms with Gasteiger partial charge in [-0.15, -0.1) is 11.3 Å². The molecule has 0 N–H and O–H groups in total. The average molecular weight is 467 g/mol. The summed E-state index contributed by atoms with van der Waals surface area (Å²) in [6.45, 7) is 4.53. The van der Waals surface area contributed by atoms with Gasteiger partial charge in [0, 0.05) is 24.5 Å². The molecule has 4 rings (SSSR count). The predicted octanol–water partition coefficient (Wildman–Crippen LogP) is 4.49. The molecule has 1 aromatic heterocycles. The van der Waals surface area contributed by atoms with Crippen LogP contribution in [0, 0.1) is 0 Å². The van der Waals surface area contributed by atoms with Crippen molar-refractivity contribution in [1.82, 2.24) is 4.98 Å². The molecule has 8 heteroatoms. The van der Waals surface area contributed by atoms with Crippen molar-refractivity contribution in [3.8, 4) is 17.0 Å². The summed E-state index contributed by atoms with van der Waals surface area (Å²) in [6, 6.07) is 12.9. The van der Waals surface area contributed by atoms with E-state index in [4.69, 9.17) is 19.2 Å². The first kappa shape index (κ1) is 22.9. The average Bonchev–Trinajstić information content (AvgIpc) is 3.28. The van der Waals surface area contributed by atoms with Gasteiger partial charge < -0.3 is 19.1 Å². The highest BCUT2D eigenvalue weighted by Gasteiger charge is 2.26. The zero-order chi connectivity index (χ0) is 23.4. The third-order valence-electron chi connectivity index (χ3n) is 5.12. The van der Waals surface area contributed by atoms with Crippen LogP contribution >= 0.6 is 11.3 Å². The molecule has 0 unspecified atom stereocenters. The number of anilines is 1. The number of esters is 1. The van der Waals surface area contributed by atoms with E-state index in [9.17, 15) is 9.59 Å². The number of hydrogen-bond donors (Lipinski definition) is 0. The van der Waals surface area contributed by atoms with Gasteiger partial charge in [-0.2, -0.15) is 0 Å². The molecule has 0 saturated heterocycles. The predicted molar refractivity (Wildman–Crippen MR) is 127 cm³/mol. The summed E-state index contributed by atoms with van der Waals surface area (Å²) in [4.78, 5) is 31.5. The van der Waals surface area contributed by atoms with Gasteiger partial charge in [-0.3, -0.25) is 4.79 Å². The van der Waals surface area contributed by atoms with Crippen molar-refractivity contribution in [2.45, 2.75) is 32.9 Å². The van der Waals surface area contributed by atoms with Crippen LogP contribution in [0.5, 0.6) is 5.75 Å². The molecule has 0 spiro atoms. The molecule has 0 bridgehead atoms. The Hall–Kier alpha value is -3.23. The number of rotatable bonds is 8. The van der Waals surface area contributed by atoms with Gasteiger partial charge in [-0.05, 0) is 49.7 Å². The van der Waals surface area contributed by atoms with E-state index in [1.54, 1.807) is 41.5 Å². The van der Waals surface area contributed by atoms with E-state index in [0.717, 1.165) is 28.2 Å². The zero-order valence-corrected chi connectivity index (χ0v) is 19.7. The Morgan fingerprint density at radius 2 is 2.09 bits per heavy atom. The van der Waals surface area contributed by atoms with E-state index in [0.29, 0.717) is 30.2 Å². The molecule has 0 radical (unpaired) electrons. The number of carbonyl (C=O) groups is 2. The van der Waals surface area contributed by atoms with Crippen molar-refractivity contribution in [3.63, 3.8) is 0 Å². The molecule has 0 fully saturated rings. The van der Waals surface area contributed by atoms with Gasteiger partial charge in [-0.1, -0.05) is 12.1 Å². The molecule has 3 aromatic rings. The van der Waals surface area contributed by atoms with Crippen LogP contribution in [0.3, 0.4) is 0 Å². The number of methoxy groups -OCH3 is 1. The largest absolute Gasteiger partial charge is 0.482 e. The summed E-state index contributed by atoms with van der Waals surface area (Å²) in [5.41, 5.74) is 3.74. The highest BCUT2D eigenvalue weighted by Crippen LogP contribution is 2.37. The number of ether oxygens (including phenoxy) is 3. The van der Waals surface area contributed by atoms with Crippen LogP contribution in [0.4, 0.5) is 5.69 Å². The smallest absolute Gasteiger partial charge is 0.338 e. The number of nitrogens with zero attached hydrogens (tertiary/aromatic N) is 2. The Bertz CT molecular complexity index is 1160. The Balaban J connectivity index is 1.60. The molecule has 0 aliphatic carbocycles. The minimum Gasteiger partial charge on any atom is -0.482 e. The summed E-state index contributed by atoms with van der Waals surface area (Å²) in [5, 5.41) is 3.01. The lowest BCUT2D eigenvalue weighted by Gasteiger charge is -2.30. The lowest BCUT2D eigenvalue weighted by Crippen LogP contribution is -2.38. The Kier molecular flexibility index (Phi) is 7.05. The second-order valence-electron chi connectivity index (χ2n) is 7.97. The highest BCUT2D eigenvalue weighted by atomic mass is 32.1. The van der Waals surface area contributed by atoms with Crippen molar-refractivity contribution < 1.29 is 23.8 Å². The lowest BCUT2D eigenvalue weighted by molar-refractivity contribution is -0.121. The molecule has 0 atom stereocenters. The van der Waals surface area contributed by atoms with Crippen LogP contribution in [-0.4, -0.2) is 43.3 Å². The molecular formula is C25H26N2O5S. The maximum absolute atomic E-state index is 12.8. The van der Waals surface area contributed by atoms with Gasteiger partial charge in [0.05, 0.1) is 41.2 Å². The molecule has 1 aliphatic rings. The van der Waals surface area contributed by atoms with E-state index >= 15 is 0 Å². The maximum atomic E-state index is 12.8. The van der Waals surface area contributed by atoms with Gasteiger partial charge in [-0.25, -0.2) is 9.78 Å². The third kappa shape index (κ3) is 5.40. The van der Waals surface area contributed by atoms with Crippen molar-refractivity contribution in [1.29, 1.82) is 0 Å². The number of carbonyl (C=O) groups excluding carboxylic acids is 2. The Morgan fingerprint density at radius 3 is 2.88 bits per heavy atom. The fourth-order valence-electron chi connectivity index (χ4n) is 3.54. The Morgan fingerprint density at radius 1 is 1.24 bits per heavy atom. The van der Waals surface area contributed by atoms with Gasteiger partial charge >= 0.3 is 5.97 Å². The molecule has 1 amide bonds. The number of benzene rings is 2. The van der Waals surface area contributed by atoms with Crippen LogP contribution in [0.1, 0.15) is 34.8 Å². The van der Waals surface area contributed by atoms with Gasteiger partial charge in [0.15, 0.2) is 6.61 Å². The van der Waals surface area contributed by atoms with Gasteiger partial charge in [0.25, 0.3) is 5.91 Å². The maximum Gasteiger partial charge on any atom is 0.338 e. The molecule has 2 aromatic carbocycles. The van der Waals surface area contributed by atoms with Crippen LogP contribution in [0.25, 0.3) is 11.3 Å². The lowest BCUT2D eigenvalue weighted by atomic mass is 10.1. The van der Waals surface area contributed by atoms with E-state index in [1.165, 1.54) is 0 Å². The number of fused-ring (bicyclic) bond motifs is 1. The van der Waals surface area contributed by atoms with Crippen molar-refractivity contribution >= 4 is 28.9 Å². The zero-order valence-electron chi connectivity index (χ0n) is 18.9. The van der Waals surface area contributed by atoms with Crippen molar-refractivity contribution in [2.24, 2.45) is 0 Å². The van der Waals surface area contributed by atoms with Crippen LogP contribution in [0.15, 0.2) is 47.8 Å². The summed E-state index contributed by atoms with van der Waals surface area (Å²) in [6.07, 6.45) is 0.558. The topological polar surface area (TPSA) is 78.0 Å². The standard InChI is InChI=1S/C25H26N2O5S/c1-16(2)32-25(29)19-6-4-5-17(11-19)13-27-21-12-18(7-8-22(21)31-14-24(27)28)20-15-33-23(26-20)9-10-30-3/h4-8,11-12,15-16H,9-10,13-14H2,1-3H3. The monoisotopic (exact) mass is 466 g/mol. The number of amides is 1. The first-order chi connectivity index (χ1) is 15.9. The highest BCUT2D eigenvalue weighted by molar-refractivity contribution is 7.09. The van der Waals surface area contributed by atoms with E-state index in [2.05, 4.69) is 0 Å². The normalized spacial score (nSPS) is 13.1. The molecule has 7 nitrogen and oxygen atoms in total. The summed E-state index contributed by atoms with van der Waals surface area (Å²) in [5.74, 6) is 0.119. The van der Waals surface area contributed by atoms with Gasteiger partial charge in [0.2, 0.25) is 0 Å². The van der Waals surface area contributed by atoms with Gasteiger partial charge in [0.1, 0.15) is 5.75 Å². The second-order valence-corrected chi connectivity index (χ2v) is 8.92. The minimum atomic E-state index is -0.379. The van der Waals surface area contributed by atoms with E-state index in [-0.39, 0.29) is 24.6 Å². The third-order valence-corrected chi connectivity index (χ3v) is 6.02. The fourth-order valence-corrected chi connectivity index (χ4v) is 4.33. The summed E-state index contributed by atoms with van der Waals surface area (Å²) >= 11 is 1.59. The first-order valence-corrected chi connectivity index (χ1v) is 11.6. The Labute approximate surface area is 196 Å². The molecular weight excluding hydrogens is 440 g/mol. The summed E-state index contributed by atoms with van der Waals surface area (Å²) < 4.78 is 16.1.